The van der Waals surface area contributed by atoms with Gasteiger partial charge in [-0.05, 0) is 19.3 Å². The highest BCUT2D eigenvalue weighted by atomic mass is 28.3. The molecule has 0 aliphatic carbocycles. The van der Waals surface area contributed by atoms with Gasteiger partial charge in [0.15, 0.2) is 8.07 Å². The van der Waals surface area contributed by atoms with Crippen LogP contribution in [0.1, 0.15) is 59.3 Å². The van der Waals surface area contributed by atoms with E-state index in [1.165, 1.54) is 0 Å². The highest BCUT2D eigenvalue weighted by Gasteiger charge is 2.49. The van der Waals surface area contributed by atoms with Gasteiger partial charge in [-0.25, -0.2) is 0 Å². The summed E-state index contributed by atoms with van der Waals surface area (Å²) in [6, 6.07) is 0. The maximum absolute atomic E-state index is 10.4. The molecule has 3 nitrogen and oxygen atoms in total. The van der Waals surface area contributed by atoms with Gasteiger partial charge in [-0.15, -0.1) is 6.58 Å². The van der Waals surface area contributed by atoms with Gasteiger partial charge in [0.05, 0.1) is 17.2 Å². The monoisotopic (exact) mass is 274 g/mol. The van der Waals surface area contributed by atoms with Gasteiger partial charge in [0.25, 0.3) is 0 Å². The van der Waals surface area contributed by atoms with Crippen molar-refractivity contribution in [3.63, 3.8) is 0 Å². The summed E-state index contributed by atoms with van der Waals surface area (Å²) < 4.78 is 0. The summed E-state index contributed by atoms with van der Waals surface area (Å²) in [6.07, 6.45) is 4.42. The van der Waals surface area contributed by atoms with Gasteiger partial charge in [0.1, 0.15) is 0 Å². The van der Waals surface area contributed by atoms with Crippen molar-refractivity contribution in [2.24, 2.45) is 0 Å². The second-order valence-electron chi connectivity index (χ2n) is 5.12. The van der Waals surface area contributed by atoms with Crippen molar-refractivity contribution in [3.8, 4) is 0 Å². The van der Waals surface area contributed by atoms with Crippen LogP contribution in [0.3, 0.4) is 0 Å². The minimum Gasteiger partial charge on any atom is -0.396 e. The third-order valence-corrected chi connectivity index (χ3v) is 8.81. The first-order chi connectivity index (χ1) is 8.50. The fourth-order valence-corrected chi connectivity index (χ4v) is 7.16. The molecule has 3 unspecified atom stereocenters. The number of hydrogen-bond donors (Lipinski definition) is 3. The molecule has 0 amide bonds. The Balaban J connectivity index is 5.23. The zero-order valence-electron chi connectivity index (χ0n) is 12.1. The standard InChI is InChI=1S/C14H30O3Si/c1-5-9-12(15)18(8-4,13(16)10-6-2)14(17)11-7-3/h8,12-17H,4-7,9-11H2,1-3H3. The van der Waals surface area contributed by atoms with Crippen LogP contribution in [0.15, 0.2) is 12.3 Å². The number of hydrogen-bond acceptors (Lipinski definition) is 3. The predicted molar refractivity (Wildman–Crippen MR) is 78.7 cm³/mol. The third-order valence-electron chi connectivity index (χ3n) is 3.77. The van der Waals surface area contributed by atoms with E-state index < -0.39 is 25.3 Å². The molecule has 108 valence electrons. The van der Waals surface area contributed by atoms with Crippen LogP contribution in [0.5, 0.6) is 0 Å². The molecular weight excluding hydrogens is 244 g/mol. The summed E-state index contributed by atoms with van der Waals surface area (Å²) in [6.45, 7) is 9.84. The Bertz CT molecular complexity index is 202. The predicted octanol–water partition coefficient (Wildman–Crippen LogP) is 2.26. The van der Waals surface area contributed by atoms with Crippen LogP contribution in [-0.4, -0.2) is 40.6 Å². The largest absolute Gasteiger partial charge is 0.396 e. The number of aliphatic hydroxyl groups is 3. The minimum atomic E-state index is -2.71. The molecule has 0 aromatic carbocycles. The second-order valence-corrected chi connectivity index (χ2v) is 9.53. The Morgan fingerprint density at radius 1 is 0.833 bits per heavy atom. The van der Waals surface area contributed by atoms with E-state index in [4.69, 9.17) is 0 Å². The quantitative estimate of drug-likeness (QED) is 0.536. The van der Waals surface area contributed by atoms with Crippen LogP contribution in [-0.2, 0) is 0 Å². The van der Waals surface area contributed by atoms with Crippen molar-refractivity contribution in [3.05, 3.63) is 12.3 Å². The average Bonchev–Trinajstić information content (AvgIpc) is 2.31. The lowest BCUT2D eigenvalue weighted by molar-refractivity contribution is 0.147. The van der Waals surface area contributed by atoms with Crippen molar-refractivity contribution in [2.45, 2.75) is 76.5 Å². The Hall–Kier alpha value is -0.163. The van der Waals surface area contributed by atoms with Crippen molar-refractivity contribution >= 4 is 8.07 Å². The first-order valence-corrected chi connectivity index (χ1v) is 9.49. The minimum absolute atomic E-state index is 0.608. The van der Waals surface area contributed by atoms with E-state index in [0.717, 1.165) is 19.3 Å². The first-order valence-electron chi connectivity index (χ1n) is 7.18. The summed E-state index contributed by atoms with van der Waals surface area (Å²) in [7, 11) is -2.71. The molecule has 0 saturated carbocycles. The van der Waals surface area contributed by atoms with Gasteiger partial charge in [-0.1, -0.05) is 45.7 Å². The normalized spacial score (nSPS) is 19.9. The molecule has 0 rings (SSSR count). The highest BCUT2D eigenvalue weighted by Crippen LogP contribution is 2.28. The van der Waals surface area contributed by atoms with E-state index in [0.29, 0.717) is 19.3 Å². The van der Waals surface area contributed by atoms with E-state index in [1.807, 2.05) is 20.8 Å². The summed E-state index contributed by atoms with van der Waals surface area (Å²) in [5, 5.41) is 31.3. The lowest BCUT2D eigenvalue weighted by atomic mass is 10.3. The van der Waals surface area contributed by atoms with Crippen LogP contribution < -0.4 is 0 Å². The second kappa shape index (κ2) is 8.86. The highest BCUT2D eigenvalue weighted by molar-refractivity contribution is 6.87. The Morgan fingerprint density at radius 3 is 1.28 bits per heavy atom. The van der Waals surface area contributed by atoms with Gasteiger partial charge in [-0.2, -0.15) is 0 Å². The number of aliphatic hydroxyl groups excluding tert-OH is 3. The van der Waals surface area contributed by atoms with E-state index in [-0.39, 0.29) is 0 Å². The fraction of sp³-hybridized carbons (Fsp3) is 0.857. The SMILES string of the molecule is C=C[Si](C(O)CCC)(C(O)CCC)C(O)CCC. The Kier molecular flexibility index (Phi) is 8.78. The molecule has 4 heteroatoms. The molecule has 0 saturated heterocycles. The molecule has 0 spiro atoms. The van der Waals surface area contributed by atoms with Crippen LogP contribution >= 0.6 is 0 Å². The van der Waals surface area contributed by atoms with Gasteiger partial charge < -0.3 is 15.3 Å². The smallest absolute Gasteiger partial charge is 0.171 e. The van der Waals surface area contributed by atoms with Gasteiger partial charge in [0, 0.05) is 0 Å². The molecule has 0 aliphatic heterocycles. The number of rotatable bonds is 10. The van der Waals surface area contributed by atoms with Crippen molar-refractivity contribution in [1.29, 1.82) is 0 Å². The molecule has 0 fully saturated rings. The maximum Gasteiger partial charge on any atom is 0.171 e. The molecule has 0 heterocycles. The summed E-state index contributed by atoms with van der Waals surface area (Å²) in [5.41, 5.74) is -0.122. The van der Waals surface area contributed by atoms with E-state index >= 15 is 0 Å². The lowest BCUT2D eigenvalue weighted by Crippen LogP contribution is -2.64. The fourth-order valence-electron chi connectivity index (χ4n) is 2.64. The summed E-state index contributed by atoms with van der Waals surface area (Å²) in [5.74, 6) is 0. The average molecular weight is 274 g/mol. The van der Waals surface area contributed by atoms with E-state index in [2.05, 4.69) is 6.58 Å². The molecule has 0 aromatic heterocycles. The molecular formula is C14H30O3Si. The topological polar surface area (TPSA) is 60.7 Å². The van der Waals surface area contributed by atoms with Crippen molar-refractivity contribution < 1.29 is 15.3 Å². The van der Waals surface area contributed by atoms with E-state index in [9.17, 15) is 15.3 Å². The van der Waals surface area contributed by atoms with Crippen LogP contribution in [0.4, 0.5) is 0 Å². The summed E-state index contributed by atoms with van der Waals surface area (Å²) in [4.78, 5) is 0. The Morgan fingerprint density at radius 2 is 1.11 bits per heavy atom. The van der Waals surface area contributed by atoms with Crippen LogP contribution in [0.25, 0.3) is 0 Å². The van der Waals surface area contributed by atoms with E-state index in [1.54, 1.807) is 5.70 Å². The molecule has 0 aromatic rings. The molecule has 3 N–H and O–H groups in total. The first kappa shape index (κ1) is 17.8. The Labute approximate surface area is 113 Å². The molecule has 0 radical (unpaired) electrons. The van der Waals surface area contributed by atoms with Gasteiger partial charge in [0.2, 0.25) is 0 Å². The molecule has 0 bridgehead atoms. The maximum atomic E-state index is 10.4. The zero-order valence-corrected chi connectivity index (χ0v) is 13.1. The summed E-state index contributed by atoms with van der Waals surface area (Å²) >= 11 is 0. The molecule has 0 aliphatic rings. The lowest BCUT2D eigenvalue weighted by Gasteiger charge is -2.41. The van der Waals surface area contributed by atoms with Crippen LogP contribution in [0.2, 0.25) is 0 Å². The van der Waals surface area contributed by atoms with Gasteiger partial charge in [-0.3, -0.25) is 0 Å². The third kappa shape index (κ3) is 3.92. The van der Waals surface area contributed by atoms with Crippen molar-refractivity contribution in [1.82, 2.24) is 0 Å². The van der Waals surface area contributed by atoms with Crippen molar-refractivity contribution in [2.75, 3.05) is 0 Å². The van der Waals surface area contributed by atoms with Gasteiger partial charge >= 0.3 is 0 Å². The zero-order chi connectivity index (χ0) is 14.2. The molecule has 3 atom stereocenters. The van der Waals surface area contributed by atoms with Crippen LogP contribution in [0, 0.1) is 0 Å². The molecule has 18 heavy (non-hydrogen) atoms.